The molecule has 0 N–H and O–H groups in total. The van der Waals surface area contributed by atoms with Gasteiger partial charge in [0.05, 0.1) is 22.7 Å². The number of benzene rings is 1. The van der Waals surface area contributed by atoms with Crippen LogP contribution in [-0.2, 0) is 6.18 Å². The molecule has 0 radical (unpaired) electrons. The number of ether oxygens (including phenoxy) is 1. The molecule has 1 fully saturated rings. The van der Waals surface area contributed by atoms with Crippen LogP contribution in [0.2, 0.25) is 5.02 Å². The molecule has 0 bridgehead atoms. The van der Waals surface area contributed by atoms with Gasteiger partial charge >= 0.3 is 11.9 Å². The number of halogens is 4. The predicted molar refractivity (Wildman–Crippen MR) is 93.4 cm³/mol. The summed E-state index contributed by atoms with van der Waals surface area (Å²) in [5.41, 5.74) is -1.94. The van der Waals surface area contributed by atoms with Crippen molar-refractivity contribution in [2.75, 3.05) is 6.61 Å². The Hall–Kier alpha value is -2.61. The summed E-state index contributed by atoms with van der Waals surface area (Å²) in [5, 5.41) is 0.400. The largest absolute Gasteiger partial charge is 0.477 e. The van der Waals surface area contributed by atoms with Gasteiger partial charge in [0.15, 0.2) is 5.65 Å². The Bertz CT molecular complexity index is 1080. The van der Waals surface area contributed by atoms with Gasteiger partial charge in [-0.2, -0.15) is 18.2 Å². The van der Waals surface area contributed by atoms with E-state index in [1.807, 2.05) is 0 Å². The monoisotopic (exact) mass is 395 g/mol. The quantitative estimate of drug-likeness (QED) is 0.663. The molecule has 0 spiro atoms. The van der Waals surface area contributed by atoms with Crippen LogP contribution >= 0.6 is 11.6 Å². The van der Waals surface area contributed by atoms with E-state index in [1.165, 1.54) is 18.2 Å². The zero-order chi connectivity index (χ0) is 19.2. The molecule has 1 saturated carbocycles. The van der Waals surface area contributed by atoms with E-state index in [9.17, 15) is 18.0 Å². The summed E-state index contributed by atoms with van der Waals surface area (Å²) >= 11 is 6.14. The first-order chi connectivity index (χ1) is 12.8. The van der Waals surface area contributed by atoms with Crippen LogP contribution in [0.25, 0.3) is 16.7 Å². The Balaban J connectivity index is 1.98. The lowest BCUT2D eigenvalue weighted by atomic mass is 10.2. The number of fused-ring (bicyclic) bond motifs is 1. The lowest BCUT2D eigenvalue weighted by molar-refractivity contribution is -0.141. The first-order valence-electron chi connectivity index (χ1n) is 8.23. The van der Waals surface area contributed by atoms with Crippen molar-refractivity contribution in [2.45, 2.75) is 19.0 Å². The first kappa shape index (κ1) is 17.8. The van der Waals surface area contributed by atoms with Gasteiger partial charge in [-0.25, -0.2) is 14.3 Å². The third kappa shape index (κ3) is 3.49. The van der Waals surface area contributed by atoms with Gasteiger partial charge in [0.25, 0.3) is 0 Å². The molecule has 0 unspecified atom stereocenters. The topological polar surface area (TPSA) is 57.0 Å². The Morgan fingerprint density at radius 2 is 1.89 bits per heavy atom. The average Bonchev–Trinajstić information content (AvgIpc) is 3.44. The van der Waals surface area contributed by atoms with E-state index in [2.05, 4.69) is 9.97 Å². The molecule has 1 aliphatic carbocycles. The minimum Gasteiger partial charge on any atom is -0.477 e. The third-order valence-corrected chi connectivity index (χ3v) is 4.56. The van der Waals surface area contributed by atoms with Crippen LogP contribution in [0.1, 0.15) is 18.5 Å². The van der Waals surface area contributed by atoms with Crippen LogP contribution in [0.4, 0.5) is 13.2 Å². The molecular weight excluding hydrogens is 383 g/mol. The number of hydrogen-bond donors (Lipinski definition) is 0. The van der Waals surface area contributed by atoms with Gasteiger partial charge in [0.1, 0.15) is 5.69 Å². The maximum atomic E-state index is 13.2. The van der Waals surface area contributed by atoms with Crippen LogP contribution in [0.3, 0.4) is 0 Å². The number of nitrogens with zero attached hydrogens (tertiary/aromatic N) is 3. The highest BCUT2D eigenvalue weighted by atomic mass is 35.5. The van der Waals surface area contributed by atoms with E-state index in [4.69, 9.17) is 16.3 Å². The normalized spacial score (nSPS) is 14.5. The fraction of sp³-hybridized carbons (Fsp3) is 0.278. The average molecular weight is 396 g/mol. The lowest BCUT2D eigenvalue weighted by Gasteiger charge is -2.15. The molecule has 0 aliphatic heterocycles. The van der Waals surface area contributed by atoms with Crippen molar-refractivity contribution < 1.29 is 17.9 Å². The summed E-state index contributed by atoms with van der Waals surface area (Å²) < 4.78 is 46.1. The minimum absolute atomic E-state index is 0.0218. The molecule has 5 nitrogen and oxygen atoms in total. The minimum atomic E-state index is -4.66. The second-order valence-corrected chi connectivity index (χ2v) is 6.71. The molecule has 140 valence electrons. The van der Waals surface area contributed by atoms with Crippen LogP contribution in [0, 0.1) is 5.92 Å². The highest BCUT2D eigenvalue weighted by Gasteiger charge is 2.33. The Morgan fingerprint density at radius 1 is 1.15 bits per heavy atom. The molecule has 2 aromatic heterocycles. The van der Waals surface area contributed by atoms with Gasteiger partial charge in [-0.15, -0.1) is 0 Å². The number of pyridine rings is 1. The third-order valence-electron chi connectivity index (χ3n) is 4.24. The molecule has 1 aromatic carbocycles. The van der Waals surface area contributed by atoms with E-state index >= 15 is 0 Å². The highest BCUT2D eigenvalue weighted by molar-refractivity contribution is 6.32. The summed E-state index contributed by atoms with van der Waals surface area (Å²) in [6.45, 7) is 0.360. The van der Waals surface area contributed by atoms with Crippen LogP contribution in [0.5, 0.6) is 5.88 Å². The molecular formula is C18H13ClF3N3O2. The molecule has 9 heteroatoms. The van der Waals surface area contributed by atoms with E-state index in [0.29, 0.717) is 12.5 Å². The molecule has 0 amide bonds. The summed E-state index contributed by atoms with van der Waals surface area (Å²) in [5.74, 6) is 0.363. The summed E-state index contributed by atoms with van der Waals surface area (Å²) in [6.07, 6.45) is -2.62. The van der Waals surface area contributed by atoms with Crippen LogP contribution in [0.15, 0.2) is 41.2 Å². The smallest absolute Gasteiger partial charge is 0.433 e. The van der Waals surface area contributed by atoms with Crippen LogP contribution in [-0.4, -0.2) is 21.1 Å². The fourth-order valence-corrected chi connectivity index (χ4v) is 2.89. The van der Waals surface area contributed by atoms with Crippen LogP contribution < -0.4 is 10.4 Å². The fourth-order valence-electron chi connectivity index (χ4n) is 2.67. The number of para-hydroxylation sites is 1. The zero-order valence-corrected chi connectivity index (χ0v) is 14.6. The zero-order valence-electron chi connectivity index (χ0n) is 13.8. The van der Waals surface area contributed by atoms with Crippen molar-refractivity contribution in [1.82, 2.24) is 14.5 Å². The second-order valence-electron chi connectivity index (χ2n) is 6.31. The molecule has 3 aromatic rings. The second kappa shape index (κ2) is 6.53. The Labute approximate surface area is 156 Å². The lowest BCUT2D eigenvalue weighted by Crippen LogP contribution is -2.24. The van der Waals surface area contributed by atoms with E-state index < -0.39 is 17.6 Å². The molecule has 27 heavy (non-hydrogen) atoms. The molecule has 1 aliphatic rings. The van der Waals surface area contributed by atoms with Gasteiger partial charge < -0.3 is 4.74 Å². The van der Waals surface area contributed by atoms with Crippen molar-refractivity contribution in [2.24, 2.45) is 5.92 Å². The Morgan fingerprint density at radius 3 is 2.56 bits per heavy atom. The van der Waals surface area contributed by atoms with Crippen molar-refractivity contribution in [3.05, 3.63) is 57.6 Å². The summed E-state index contributed by atoms with van der Waals surface area (Å²) in [4.78, 5) is 20.2. The molecule has 2 heterocycles. The predicted octanol–water partition coefficient (Wildman–Crippen LogP) is 4.24. The van der Waals surface area contributed by atoms with Gasteiger partial charge in [0.2, 0.25) is 5.88 Å². The van der Waals surface area contributed by atoms with Crippen molar-refractivity contribution in [1.29, 1.82) is 0 Å². The number of aromatic nitrogens is 3. The SMILES string of the molecule is O=c1nc(OCC2CC2)c2ccc(C(F)(F)F)nc2n1-c1ccccc1Cl. The Kier molecular flexibility index (Phi) is 4.30. The number of alkyl halides is 3. The summed E-state index contributed by atoms with van der Waals surface area (Å²) in [7, 11) is 0. The van der Waals surface area contributed by atoms with Gasteiger partial charge in [-0.05, 0) is 43.0 Å². The standard InChI is InChI=1S/C18H13ClF3N3O2/c19-12-3-1-2-4-13(12)25-15-11(7-8-14(23-15)18(20,21)22)16(24-17(25)26)27-9-10-5-6-10/h1-4,7-8,10H,5-6,9H2. The van der Waals surface area contributed by atoms with E-state index in [0.717, 1.165) is 23.5 Å². The van der Waals surface area contributed by atoms with Crippen molar-refractivity contribution >= 4 is 22.6 Å². The van der Waals surface area contributed by atoms with Gasteiger partial charge in [-0.3, -0.25) is 0 Å². The molecule has 4 rings (SSSR count). The summed E-state index contributed by atoms with van der Waals surface area (Å²) in [6, 6.07) is 8.36. The molecule has 0 atom stereocenters. The van der Waals surface area contributed by atoms with Gasteiger partial charge in [-0.1, -0.05) is 23.7 Å². The van der Waals surface area contributed by atoms with Crippen molar-refractivity contribution in [3.63, 3.8) is 0 Å². The number of rotatable bonds is 4. The van der Waals surface area contributed by atoms with E-state index in [1.54, 1.807) is 12.1 Å². The maximum absolute atomic E-state index is 13.2. The van der Waals surface area contributed by atoms with E-state index in [-0.39, 0.29) is 27.6 Å². The van der Waals surface area contributed by atoms with Crippen molar-refractivity contribution in [3.8, 4) is 11.6 Å². The highest BCUT2D eigenvalue weighted by Crippen LogP contribution is 2.33. The number of hydrogen-bond acceptors (Lipinski definition) is 4. The first-order valence-corrected chi connectivity index (χ1v) is 8.61. The van der Waals surface area contributed by atoms with Gasteiger partial charge in [0, 0.05) is 0 Å². The molecule has 0 saturated heterocycles. The maximum Gasteiger partial charge on any atom is 0.433 e.